The van der Waals surface area contributed by atoms with E-state index in [1.54, 1.807) is 34.9 Å². The summed E-state index contributed by atoms with van der Waals surface area (Å²) >= 11 is 0. The summed E-state index contributed by atoms with van der Waals surface area (Å²) in [4.78, 5) is 15.3. The fourth-order valence-electron chi connectivity index (χ4n) is 8.12. The van der Waals surface area contributed by atoms with Gasteiger partial charge in [0.1, 0.15) is 0 Å². The van der Waals surface area contributed by atoms with E-state index in [-0.39, 0.29) is 73.3 Å². The predicted molar refractivity (Wildman–Crippen MR) is 234 cm³/mol. The number of aromatic nitrogens is 6. The highest BCUT2D eigenvalue weighted by molar-refractivity contribution is 6.23. The number of hydrogen-bond acceptors (Lipinski definition) is 3. The lowest BCUT2D eigenvalue weighted by Gasteiger charge is -2.13. The van der Waals surface area contributed by atoms with Crippen molar-refractivity contribution in [2.45, 2.75) is 0 Å². The second kappa shape index (κ2) is 12.3. The fourth-order valence-corrected chi connectivity index (χ4v) is 8.12. The van der Waals surface area contributed by atoms with Crippen molar-refractivity contribution in [3.05, 3.63) is 194 Å². The lowest BCUT2D eigenvalue weighted by atomic mass is 10.1. The zero-order valence-electron chi connectivity index (χ0n) is 39.9. The van der Waals surface area contributed by atoms with Crippen molar-refractivity contribution in [3.8, 4) is 40.1 Å². The summed E-state index contributed by atoms with van der Waals surface area (Å²) in [6.45, 7) is 0. The number of nitrogens with zero attached hydrogens (tertiary/aromatic N) is 6. The average molecular weight is 739 g/mol. The van der Waals surface area contributed by atoms with Gasteiger partial charge in [0.25, 0.3) is 0 Å². The van der Waals surface area contributed by atoms with Gasteiger partial charge in [-0.25, -0.2) is 4.98 Å². The van der Waals surface area contributed by atoms with Crippen LogP contribution in [0.4, 0.5) is 0 Å². The molecule has 0 aliphatic heterocycles. The quantitative estimate of drug-likeness (QED) is 0.177. The van der Waals surface area contributed by atoms with E-state index in [1.165, 1.54) is 4.57 Å². The van der Waals surface area contributed by atoms with Gasteiger partial charge in [-0.15, -0.1) is 0 Å². The molecule has 6 heteroatoms. The molecular formula is C51H32N6. The van der Waals surface area contributed by atoms with Crippen molar-refractivity contribution in [1.29, 1.82) is 0 Å². The van der Waals surface area contributed by atoms with Crippen LogP contribution in [-0.4, -0.2) is 28.7 Å². The number of fused-ring (bicyclic) bond motifs is 10. The number of rotatable bonds is 5. The molecule has 0 aliphatic rings. The molecule has 0 unspecified atom stereocenters. The maximum atomic E-state index is 9.69. The molecule has 0 bridgehead atoms. The van der Waals surface area contributed by atoms with Gasteiger partial charge < -0.3 is 9.13 Å². The van der Waals surface area contributed by atoms with Crippen LogP contribution in [0.2, 0.25) is 0 Å². The van der Waals surface area contributed by atoms with E-state index in [0.29, 0.717) is 16.8 Å². The van der Waals surface area contributed by atoms with E-state index in [2.05, 4.69) is 16.7 Å². The number of hydrogen-bond donors (Lipinski definition) is 0. The molecule has 0 N–H and O–H groups in total. The Labute approximate surface area is 341 Å². The third kappa shape index (κ3) is 4.74. The molecule has 0 atom stereocenters. The molecule has 57 heavy (non-hydrogen) atoms. The highest BCUT2D eigenvalue weighted by Gasteiger charge is 2.24. The Kier molecular flexibility index (Phi) is 5.02. The highest BCUT2D eigenvalue weighted by Crippen LogP contribution is 2.42. The minimum Gasteiger partial charge on any atom is -0.309 e. The Morgan fingerprint density at radius 2 is 0.877 bits per heavy atom. The normalized spacial score (nSPS) is 14.3. The molecule has 0 spiro atoms. The molecule has 0 radical (unpaired) electrons. The van der Waals surface area contributed by atoms with Gasteiger partial charge in [-0.1, -0.05) is 145 Å². The van der Waals surface area contributed by atoms with Crippen LogP contribution < -0.4 is 0 Å². The zero-order chi connectivity index (χ0) is 46.2. The second-order valence-corrected chi connectivity index (χ2v) is 13.7. The summed E-state index contributed by atoms with van der Waals surface area (Å²) in [6.07, 6.45) is 0. The van der Waals surface area contributed by atoms with Gasteiger partial charge in [-0.05, 0) is 48.5 Å². The smallest absolute Gasteiger partial charge is 0.238 e. The van der Waals surface area contributed by atoms with Crippen LogP contribution in [0.3, 0.4) is 0 Å². The van der Waals surface area contributed by atoms with Crippen molar-refractivity contribution >= 4 is 65.4 Å². The van der Waals surface area contributed by atoms with Gasteiger partial charge in [-0.2, -0.15) is 9.97 Å². The largest absolute Gasteiger partial charge is 0.309 e. The van der Waals surface area contributed by atoms with Crippen LogP contribution in [0.15, 0.2) is 194 Å². The van der Waals surface area contributed by atoms with Crippen LogP contribution in [0, 0.1) is 0 Å². The molecular weight excluding hydrogens is 697 g/mol. The van der Waals surface area contributed by atoms with Crippen LogP contribution >= 0.6 is 0 Å². The summed E-state index contributed by atoms with van der Waals surface area (Å²) in [6, 6.07) is 37.7. The van der Waals surface area contributed by atoms with Gasteiger partial charge >= 0.3 is 0 Å². The first kappa shape index (κ1) is 23.2. The minimum absolute atomic E-state index is 0.00466. The van der Waals surface area contributed by atoms with Crippen LogP contribution in [0.1, 0.15) is 13.7 Å². The van der Waals surface area contributed by atoms with E-state index in [4.69, 9.17) is 20.4 Å². The zero-order valence-corrected chi connectivity index (χ0v) is 29.9. The van der Waals surface area contributed by atoms with E-state index < -0.39 is 48.3 Å². The average Bonchev–Trinajstić information content (AvgIpc) is 4.03. The van der Waals surface area contributed by atoms with E-state index >= 15 is 0 Å². The SMILES string of the molecule is [2H]c1c([2H])c([2H])c2c(c1[2H])c1c([2H])c([2H])c3c4c([2H])c([2H])c([2H])c([2H])c4n(-c4nc(-c5ccccc5)nc(-c5ccc6c7ccccc7n(-c7ccccc7)c6c5)n4)c3c1n2-c1ccccc1. The van der Waals surface area contributed by atoms with Gasteiger partial charge in [0.2, 0.25) is 5.95 Å². The third-order valence-corrected chi connectivity index (χ3v) is 10.6. The maximum Gasteiger partial charge on any atom is 0.238 e. The topological polar surface area (TPSA) is 53.5 Å². The Balaban J connectivity index is 1.29. The maximum absolute atomic E-state index is 9.69. The summed E-state index contributed by atoms with van der Waals surface area (Å²) in [5.41, 5.74) is 4.77. The van der Waals surface area contributed by atoms with Gasteiger partial charge in [-0.3, -0.25) is 4.57 Å². The van der Waals surface area contributed by atoms with Crippen LogP contribution in [0.25, 0.3) is 106 Å². The Bertz CT molecular complexity index is 4090. The van der Waals surface area contributed by atoms with Gasteiger partial charge in [0.15, 0.2) is 11.6 Å². The Hall–Kier alpha value is -7.83. The molecule has 12 rings (SSSR count). The Morgan fingerprint density at radius 3 is 1.56 bits per heavy atom. The molecule has 0 saturated heterocycles. The van der Waals surface area contributed by atoms with Crippen molar-refractivity contribution in [1.82, 2.24) is 28.7 Å². The van der Waals surface area contributed by atoms with E-state index in [9.17, 15) is 8.22 Å². The van der Waals surface area contributed by atoms with Crippen molar-refractivity contribution in [2.24, 2.45) is 0 Å². The molecule has 0 saturated carbocycles. The first-order chi connectivity index (χ1) is 32.5. The predicted octanol–water partition coefficient (Wildman–Crippen LogP) is 12.5. The number of benzene rings is 8. The molecule has 4 aromatic heterocycles. The molecule has 4 heterocycles. The summed E-state index contributed by atoms with van der Waals surface area (Å²) in [5.74, 6) is 0.400. The fraction of sp³-hybridized carbons (Fsp3) is 0. The van der Waals surface area contributed by atoms with Crippen molar-refractivity contribution in [2.75, 3.05) is 0 Å². The van der Waals surface area contributed by atoms with Crippen LogP contribution in [0.5, 0.6) is 0 Å². The highest BCUT2D eigenvalue weighted by atomic mass is 15.2. The van der Waals surface area contributed by atoms with Gasteiger partial charge in [0.05, 0.1) is 46.8 Å². The van der Waals surface area contributed by atoms with E-state index in [1.807, 2.05) is 91.0 Å². The molecule has 0 fully saturated rings. The summed E-state index contributed by atoms with van der Waals surface area (Å²) in [7, 11) is 0. The second-order valence-electron chi connectivity index (χ2n) is 13.7. The summed E-state index contributed by atoms with van der Waals surface area (Å²) < 4.78 is 97.2. The minimum atomic E-state index is -0.547. The third-order valence-electron chi connectivity index (χ3n) is 10.6. The van der Waals surface area contributed by atoms with E-state index in [0.717, 1.165) is 27.5 Å². The molecule has 6 nitrogen and oxygen atoms in total. The Morgan fingerprint density at radius 1 is 0.351 bits per heavy atom. The summed E-state index contributed by atoms with van der Waals surface area (Å²) in [5, 5.41) is 2.02. The first-order valence-corrected chi connectivity index (χ1v) is 18.4. The lowest BCUT2D eigenvalue weighted by molar-refractivity contribution is 0.953. The monoisotopic (exact) mass is 738 g/mol. The number of para-hydroxylation sites is 5. The molecule has 0 amide bonds. The standard InChI is InChI=1S/C51H32N6/c1-4-16-33(17-5-1)49-52-50(34-28-29-40-37-22-10-13-25-43(37)55(46(40)32-34)35-18-6-2-7-19-35)54-51(53-49)57-45-27-15-12-24-39(45)42-31-30-41-38-23-11-14-26-44(38)56(47(41)48(42)57)36-20-8-3-9-21-36/h1-32H/i11D,12D,14D,15D,23D,24D,26D,27D,30D,31D. The van der Waals surface area contributed by atoms with Crippen molar-refractivity contribution in [3.63, 3.8) is 0 Å². The first-order valence-electron chi connectivity index (χ1n) is 23.4. The van der Waals surface area contributed by atoms with Crippen molar-refractivity contribution < 1.29 is 13.7 Å². The molecule has 0 aliphatic carbocycles. The molecule has 12 aromatic rings. The molecule has 266 valence electrons. The lowest BCUT2D eigenvalue weighted by Crippen LogP contribution is -2.07. The van der Waals surface area contributed by atoms with Crippen LogP contribution in [-0.2, 0) is 0 Å². The molecule has 8 aromatic carbocycles. The van der Waals surface area contributed by atoms with Gasteiger partial charge in [0, 0.05) is 54.8 Å².